The molecule has 1 aliphatic rings. The molecule has 0 aromatic carbocycles. The molecule has 0 bridgehead atoms. The largest absolute Gasteiger partial charge is 0.342 e. The molecule has 1 fully saturated rings. The second kappa shape index (κ2) is 6.89. The lowest BCUT2D eigenvalue weighted by Gasteiger charge is -2.33. The number of amides is 1. The van der Waals surface area contributed by atoms with Crippen molar-refractivity contribution in [2.24, 2.45) is 11.8 Å². The maximum absolute atomic E-state index is 12.1. The first-order valence-corrected chi connectivity index (χ1v) is 6.68. The highest BCUT2D eigenvalue weighted by Crippen LogP contribution is 2.27. The van der Waals surface area contributed by atoms with E-state index in [-0.39, 0.29) is 5.92 Å². The van der Waals surface area contributed by atoms with E-state index in [1.165, 1.54) is 19.3 Å². The van der Waals surface area contributed by atoms with Crippen LogP contribution in [0.1, 0.15) is 40.0 Å². The number of carbonyl (C=O) groups is 1. The molecular weight excluding hydrogens is 200 g/mol. The van der Waals surface area contributed by atoms with Gasteiger partial charge in [0, 0.05) is 25.6 Å². The van der Waals surface area contributed by atoms with Crippen LogP contribution in [-0.2, 0) is 4.79 Å². The van der Waals surface area contributed by atoms with Crippen LogP contribution < -0.4 is 5.32 Å². The Morgan fingerprint density at radius 2 is 2.12 bits per heavy atom. The van der Waals surface area contributed by atoms with E-state index in [4.69, 9.17) is 0 Å². The number of nitrogens with one attached hydrogen (secondary N) is 1. The number of carbonyl (C=O) groups excluding carboxylic acids is 1. The topological polar surface area (TPSA) is 32.3 Å². The lowest BCUT2D eigenvalue weighted by molar-refractivity contribution is -0.135. The molecule has 1 atom stereocenters. The first-order valence-electron chi connectivity index (χ1n) is 6.68. The van der Waals surface area contributed by atoms with Gasteiger partial charge in [-0.3, -0.25) is 4.79 Å². The molecule has 0 saturated heterocycles. The molecule has 1 amide bonds. The van der Waals surface area contributed by atoms with Crippen LogP contribution in [-0.4, -0.2) is 37.0 Å². The SMILES string of the molecule is CCNCC(C)C(=O)N(CC)CC1CCC1. The first kappa shape index (κ1) is 13.5. The van der Waals surface area contributed by atoms with E-state index in [0.717, 1.165) is 32.1 Å². The monoisotopic (exact) mass is 226 g/mol. The van der Waals surface area contributed by atoms with Crippen LogP contribution >= 0.6 is 0 Å². The average molecular weight is 226 g/mol. The summed E-state index contributed by atoms with van der Waals surface area (Å²) < 4.78 is 0. The minimum absolute atomic E-state index is 0.111. The zero-order valence-corrected chi connectivity index (χ0v) is 11.0. The minimum atomic E-state index is 0.111. The van der Waals surface area contributed by atoms with Crippen molar-refractivity contribution >= 4 is 5.91 Å². The zero-order chi connectivity index (χ0) is 12.0. The van der Waals surface area contributed by atoms with Gasteiger partial charge in [-0.2, -0.15) is 0 Å². The summed E-state index contributed by atoms with van der Waals surface area (Å²) in [6, 6.07) is 0. The third-order valence-corrected chi connectivity index (χ3v) is 3.52. The molecule has 0 radical (unpaired) electrons. The molecule has 3 nitrogen and oxygen atoms in total. The fourth-order valence-corrected chi connectivity index (χ4v) is 2.12. The van der Waals surface area contributed by atoms with Gasteiger partial charge >= 0.3 is 0 Å². The standard InChI is InChI=1S/C13H26N2O/c1-4-14-9-11(3)13(16)15(5-2)10-12-7-6-8-12/h11-12,14H,4-10H2,1-3H3. The van der Waals surface area contributed by atoms with Crippen molar-refractivity contribution in [3.05, 3.63) is 0 Å². The Morgan fingerprint density at radius 1 is 1.44 bits per heavy atom. The van der Waals surface area contributed by atoms with Crippen LogP contribution in [0.2, 0.25) is 0 Å². The molecule has 1 rings (SSSR count). The van der Waals surface area contributed by atoms with Gasteiger partial charge in [0.15, 0.2) is 0 Å². The Hall–Kier alpha value is -0.570. The molecule has 1 aliphatic carbocycles. The maximum Gasteiger partial charge on any atom is 0.226 e. The summed E-state index contributed by atoms with van der Waals surface area (Å²) in [6.45, 7) is 9.74. The summed E-state index contributed by atoms with van der Waals surface area (Å²) in [7, 11) is 0. The molecule has 16 heavy (non-hydrogen) atoms. The lowest BCUT2D eigenvalue weighted by Crippen LogP contribution is -2.42. The highest BCUT2D eigenvalue weighted by Gasteiger charge is 2.25. The Balaban J connectivity index is 2.34. The lowest BCUT2D eigenvalue weighted by atomic mass is 9.85. The molecule has 0 spiro atoms. The van der Waals surface area contributed by atoms with Gasteiger partial charge in [0.25, 0.3) is 0 Å². The Kier molecular flexibility index (Phi) is 5.81. The second-order valence-corrected chi connectivity index (χ2v) is 4.88. The van der Waals surface area contributed by atoms with E-state index in [2.05, 4.69) is 19.2 Å². The van der Waals surface area contributed by atoms with Crippen LogP contribution in [0.25, 0.3) is 0 Å². The molecule has 1 unspecified atom stereocenters. The van der Waals surface area contributed by atoms with Crippen LogP contribution in [0, 0.1) is 11.8 Å². The van der Waals surface area contributed by atoms with Crippen LogP contribution in [0.4, 0.5) is 0 Å². The Morgan fingerprint density at radius 3 is 2.56 bits per heavy atom. The normalized spacial score (nSPS) is 17.9. The number of rotatable bonds is 7. The molecule has 0 heterocycles. The molecule has 0 aliphatic heterocycles. The van der Waals surface area contributed by atoms with Crippen molar-refractivity contribution in [1.82, 2.24) is 10.2 Å². The Bertz CT molecular complexity index is 214. The van der Waals surface area contributed by atoms with Crippen molar-refractivity contribution in [2.75, 3.05) is 26.2 Å². The predicted molar refractivity (Wildman–Crippen MR) is 67.3 cm³/mol. The molecular formula is C13H26N2O. The van der Waals surface area contributed by atoms with E-state index in [0.29, 0.717) is 5.91 Å². The molecule has 3 heteroatoms. The van der Waals surface area contributed by atoms with Gasteiger partial charge in [0.1, 0.15) is 0 Å². The van der Waals surface area contributed by atoms with Gasteiger partial charge in [-0.05, 0) is 32.2 Å². The van der Waals surface area contributed by atoms with Crippen molar-refractivity contribution in [3.8, 4) is 0 Å². The smallest absolute Gasteiger partial charge is 0.226 e. The van der Waals surface area contributed by atoms with Crippen molar-refractivity contribution in [2.45, 2.75) is 40.0 Å². The molecule has 0 aromatic heterocycles. The summed E-state index contributed by atoms with van der Waals surface area (Å²) in [6.07, 6.45) is 3.97. The van der Waals surface area contributed by atoms with E-state index in [9.17, 15) is 4.79 Å². The van der Waals surface area contributed by atoms with Crippen LogP contribution in [0.3, 0.4) is 0 Å². The quantitative estimate of drug-likeness (QED) is 0.719. The third-order valence-electron chi connectivity index (χ3n) is 3.52. The van der Waals surface area contributed by atoms with Gasteiger partial charge in [-0.25, -0.2) is 0 Å². The van der Waals surface area contributed by atoms with Crippen molar-refractivity contribution < 1.29 is 4.79 Å². The highest BCUT2D eigenvalue weighted by atomic mass is 16.2. The van der Waals surface area contributed by atoms with Crippen LogP contribution in [0.15, 0.2) is 0 Å². The number of nitrogens with zero attached hydrogens (tertiary/aromatic N) is 1. The van der Waals surface area contributed by atoms with Crippen molar-refractivity contribution in [3.63, 3.8) is 0 Å². The van der Waals surface area contributed by atoms with E-state index < -0.39 is 0 Å². The minimum Gasteiger partial charge on any atom is -0.342 e. The van der Waals surface area contributed by atoms with Gasteiger partial charge < -0.3 is 10.2 Å². The van der Waals surface area contributed by atoms with E-state index in [1.54, 1.807) is 0 Å². The number of hydrogen-bond acceptors (Lipinski definition) is 2. The van der Waals surface area contributed by atoms with Gasteiger partial charge in [0.05, 0.1) is 0 Å². The summed E-state index contributed by atoms with van der Waals surface area (Å²) >= 11 is 0. The van der Waals surface area contributed by atoms with E-state index in [1.807, 2.05) is 11.8 Å². The van der Waals surface area contributed by atoms with E-state index >= 15 is 0 Å². The average Bonchev–Trinajstić information content (AvgIpc) is 2.24. The molecule has 1 N–H and O–H groups in total. The Labute approximate surface area is 99.6 Å². The summed E-state index contributed by atoms with van der Waals surface area (Å²) in [4.78, 5) is 14.2. The summed E-state index contributed by atoms with van der Waals surface area (Å²) in [5, 5.41) is 3.24. The van der Waals surface area contributed by atoms with Crippen LogP contribution in [0.5, 0.6) is 0 Å². The highest BCUT2D eigenvalue weighted by molar-refractivity contribution is 5.78. The molecule has 1 saturated carbocycles. The third kappa shape index (κ3) is 3.78. The first-order chi connectivity index (χ1) is 7.69. The molecule has 0 aromatic rings. The summed E-state index contributed by atoms with van der Waals surface area (Å²) in [5.74, 6) is 1.20. The summed E-state index contributed by atoms with van der Waals surface area (Å²) in [5.41, 5.74) is 0. The van der Waals surface area contributed by atoms with Gasteiger partial charge in [0.2, 0.25) is 5.91 Å². The fraction of sp³-hybridized carbons (Fsp3) is 0.923. The molecule has 94 valence electrons. The maximum atomic E-state index is 12.1. The predicted octanol–water partition coefficient (Wildman–Crippen LogP) is 1.88. The van der Waals surface area contributed by atoms with Gasteiger partial charge in [-0.15, -0.1) is 0 Å². The second-order valence-electron chi connectivity index (χ2n) is 4.88. The van der Waals surface area contributed by atoms with Gasteiger partial charge in [-0.1, -0.05) is 20.3 Å². The number of hydrogen-bond donors (Lipinski definition) is 1. The zero-order valence-electron chi connectivity index (χ0n) is 11.0. The fourth-order valence-electron chi connectivity index (χ4n) is 2.12. The van der Waals surface area contributed by atoms with Crippen molar-refractivity contribution in [1.29, 1.82) is 0 Å².